The molecule has 3 fully saturated rings. The molecule has 0 aromatic heterocycles. The number of aliphatic carboxylic acids is 1. The highest BCUT2D eigenvalue weighted by Gasteiger charge is 2.57. The number of fused-ring (bicyclic) bond motifs is 1. The third-order valence-electron chi connectivity index (χ3n) is 5.10. The fraction of sp³-hybridized carbons (Fsp3) is 0.786. The molecule has 0 bridgehead atoms. The summed E-state index contributed by atoms with van der Waals surface area (Å²) in [6.45, 7) is 0.539. The van der Waals surface area contributed by atoms with Gasteiger partial charge in [-0.05, 0) is 61.8 Å². The van der Waals surface area contributed by atoms with Gasteiger partial charge in [-0.25, -0.2) is 0 Å². The Labute approximate surface area is 102 Å². The van der Waals surface area contributed by atoms with E-state index in [-0.39, 0.29) is 11.8 Å². The highest BCUT2D eigenvalue weighted by molar-refractivity contribution is 5.68. The molecule has 3 aliphatic carbocycles. The second-order valence-corrected chi connectivity index (χ2v) is 6.17. The summed E-state index contributed by atoms with van der Waals surface area (Å²) in [7, 11) is 0. The zero-order chi connectivity index (χ0) is 12.0. The highest BCUT2D eigenvalue weighted by atomic mass is 16.4. The van der Waals surface area contributed by atoms with Crippen LogP contribution in [0.3, 0.4) is 0 Å². The third kappa shape index (κ3) is 1.81. The van der Waals surface area contributed by atoms with Crippen molar-refractivity contribution < 1.29 is 9.90 Å². The van der Waals surface area contributed by atoms with Crippen LogP contribution in [0.5, 0.6) is 0 Å². The average Bonchev–Trinajstić information content (AvgIpc) is 2.99. The van der Waals surface area contributed by atoms with Crippen molar-refractivity contribution in [2.45, 2.75) is 38.5 Å². The zero-order valence-electron chi connectivity index (χ0n) is 10.2. The van der Waals surface area contributed by atoms with Crippen LogP contribution < -0.4 is 5.73 Å². The Morgan fingerprint density at radius 3 is 2.82 bits per heavy atom. The molecule has 3 atom stereocenters. The van der Waals surface area contributed by atoms with Gasteiger partial charge in [-0.15, -0.1) is 0 Å². The van der Waals surface area contributed by atoms with Crippen molar-refractivity contribution in [3.8, 4) is 0 Å². The molecule has 0 saturated heterocycles. The number of rotatable bonds is 4. The number of hydrogen-bond acceptors (Lipinski definition) is 2. The van der Waals surface area contributed by atoms with E-state index in [0.717, 1.165) is 18.8 Å². The van der Waals surface area contributed by atoms with Crippen molar-refractivity contribution in [1.29, 1.82) is 0 Å². The molecule has 3 N–H and O–H groups in total. The van der Waals surface area contributed by atoms with Crippen molar-refractivity contribution in [1.82, 2.24) is 0 Å². The maximum atomic E-state index is 11.0. The summed E-state index contributed by atoms with van der Waals surface area (Å²) >= 11 is 0. The van der Waals surface area contributed by atoms with E-state index >= 15 is 0 Å². The molecule has 0 aromatic rings. The fourth-order valence-corrected chi connectivity index (χ4v) is 3.99. The maximum Gasteiger partial charge on any atom is 0.303 e. The SMILES string of the molecule is NC[C@@]1(CC(=O)O)C[C@@H]2/C(=C/C3CC3)CC[C@@H]21. The van der Waals surface area contributed by atoms with Crippen LogP contribution in [0.2, 0.25) is 0 Å². The summed E-state index contributed by atoms with van der Waals surface area (Å²) in [5.74, 6) is 1.37. The molecule has 3 rings (SSSR count). The van der Waals surface area contributed by atoms with E-state index in [1.54, 1.807) is 5.57 Å². The standard InChI is InChI=1S/C14H21NO2/c15-8-14(7-13(16)17)6-11-10(3-4-12(11)14)5-9-1-2-9/h5,9,11-12H,1-4,6-8,15H2,(H,16,17)/b10-5+/t11-,12+,14+/m1/s1. The van der Waals surface area contributed by atoms with Crippen LogP contribution in [0.4, 0.5) is 0 Å². The largest absolute Gasteiger partial charge is 0.481 e. The topological polar surface area (TPSA) is 63.3 Å². The van der Waals surface area contributed by atoms with E-state index in [1.165, 1.54) is 19.3 Å². The molecule has 94 valence electrons. The molecule has 0 spiro atoms. The Hall–Kier alpha value is -0.830. The molecule has 0 amide bonds. The van der Waals surface area contributed by atoms with Crippen LogP contribution >= 0.6 is 0 Å². The minimum Gasteiger partial charge on any atom is -0.481 e. The lowest BCUT2D eigenvalue weighted by Gasteiger charge is -2.52. The van der Waals surface area contributed by atoms with E-state index in [4.69, 9.17) is 10.8 Å². The van der Waals surface area contributed by atoms with E-state index in [0.29, 0.717) is 18.4 Å². The first-order valence-electron chi connectivity index (χ1n) is 6.77. The van der Waals surface area contributed by atoms with Crippen LogP contribution in [0.25, 0.3) is 0 Å². The van der Waals surface area contributed by atoms with E-state index in [2.05, 4.69) is 6.08 Å². The molecule has 3 aliphatic rings. The Morgan fingerprint density at radius 2 is 2.24 bits per heavy atom. The maximum absolute atomic E-state index is 11.0. The summed E-state index contributed by atoms with van der Waals surface area (Å²) in [4.78, 5) is 11.0. The van der Waals surface area contributed by atoms with Crippen LogP contribution in [-0.2, 0) is 4.79 Å². The van der Waals surface area contributed by atoms with Crippen molar-refractivity contribution in [2.75, 3.05) is 6.54 Å². The van der Waals surface area contributed by atoms with Crippen LogP contribution in [0.15, 0.2) is 11.6 Å². The molecule has 0 aromatic carbocycles. The van der Waals surface area contributed by atoms with Gasteiger partial charge in [-0.3, -0.25) is 4.79 Å². The van der Waals surface area contributed by atoms with Crippen LogP contribution in [0.1, 0.15) is 38.5 Å². The Morgan fingerprint density at radius 1 is 1.47 bits per heavy atom. The van der Waals surface area contributed by atoms with Gasteiger partial charge < -0.3 is 10.8 Å². The Bertz CT molecular complexity index is 372. The number of carboxylic acids is 1. The van der Waals surface area contributed by atoms with Crippen molar-refractivity contribution >= 4 is 5.97 Å². The molecule has 3 nitrogen and oxygen atoms in total. The molecule has 0 radical (unpaired) electrons. The first kappa shape index (κ1) is 11.3. The fourth-order valence-electron chi connectivity index (χ4n) is 3.99. The minimum atomic E-state index is -0.687. The second kappa shape index (κ2) is 3.84. The predicted molar refractivity (Wildman–Crippen MR) is 65.4 cm³/mol. The lowest BCUT2D eigenvalue weighted by atomic mass is 9.53. The number of allylic oxidation sites excluding steroid dienone is 2. The molecule has 0 heterocycles. The zero-order valence-corrected chi connectivity index (χ0v) is 10.2. The van der Waals surface area contributed by atoms with Gasteiger partial charge >= 0.3 is 5.97 Å². The van der Waals surface area contributed by atoms with Gasteiger partial charge in [0, 0.05) is 0 Å². The molecule has 0 unspecified atom stereocenters. The van der Waals surface area contributed by atoms with E-state index in [1.807, 2.05) is 0 Å². The minimum absolute atomic E-state index is 0.0877. The third-order valence-corrected chi connectivity index (χ3v) is 5.10. The van der Waals surface area contributed by atoms with Gasteiger partial charge in [-0.2, -0.15) is 0 Å². The number of carbonyl (C=O) groups is 1. The first-order valence-corrected chi connectivity index (χ1v) is 6.77. The molecule has 17 heavy (non-hydrogen) atoms. The van der Waals surface area contributed by atoms with E-state index < -0.39 is 5.97 Å². The van der Waals surface area contributed by atoms with Gasteiger partial charge in [0.25, 0.3) is 0 Å². The number of hydrogen-bond donors (Lipinski definition) is 2. The second-order valence-electron chi connectivity index (χ2n) is 6.17. The quantitative estimate of drug-likeness (QED) is 0.734. The van der Waals surface area contributed by atoms with Gasteiger partial charge in [0.2, 0.25) is 0 Å². The molecular formula is C14H21NO2. The highest BCUT2D eigenvalue weighted by Crippen LogP contribution is 2.62. The molecular weight excluding hydrogens is 214 g/mol. The lowest BCUT2D eigenvalue weighted by Crippen LogP contribution is -2.51. The molecule has 0 aliphatic heterocycles. The Balaban J connectivity index is 1.72. The molecule has 3 heteroatoms. The lowest BCUT2D eigenvalue weighted by molar-refractivity contribution is -0.144. The number of nitrogens with two attached hydrogens (primary N) is 1. The van der Waals surface area contributed by atoms with Gasteiger partial charge in [0.15, 0.2) is 0 Å². The Kier molecular flexibility index (Phi) is 2.54. The van der Waals surface area contributed by atoms with Gasteiger partial charge in [-0.1, -0.05) is 11.6 Å². The van der Waals surface area contributed by atoms with Crippen LogP contribution in [0, 0.1) is 23.2 Å². The summed E-state index contributed by atoms with van der Waals surface area (Å²) < 4.78 is 0. The predicted octanol–water partition coefficient (Wildman–Crippen LogP) is 2.17. The van der Waals surface area contributed by atoms with Crippen LogP contribution in [-0.4, -0.2) is 17.6 Å². The monoisotopic (exact) mass is 235 g/mol. The van der Waals surface area contributed by atoms with Gasteiger partial charge in [0.05, 0.1) is 6.42 Å². The van der Waals surface area contributed by atoms with Crippen molar-refractivity contribution in [3.63, 3.8) is 0 Å². The van der Waals surface area contributed by atoms with Gasteiger partial charge in [0.1, 0.15) is 0 Å². The van der Waals surface area contributed by atoms with E-state index in [9.17, 15) is 4.79 Å². The summed E-state index contributed by atoms with van der Waals surface area (Å²) in [6.07, 6.45) is 8.82. The first-order chi connectivity index (χ1) is 8.14. The van der Waals surface area contributed by atoms with Crippen molar-refractivity contribution in [2.24, 2.45) is 28.9 Å². The summed E-state index contributed by atoms with van der Waals surface area (Å²) in [5, 5.41) is 9.02. The summed E-state index contributed by atoms with van der Waals surface area (Å²) in [5.41, 5.74) is 7.38. The smallest absolute Gasteiger partial charge is 0.303 e. The number of carboxylic acid groups (broad SMARTS) is 1. The normalized spacial score (nSPS) is 42.3. The average molecular weight is 235 g/mol. The molecule has 3 saturated carbocycles. The van der Waals surface area contributed by atoms with Crippen molar-refractivity contribution in [3.05, 3.63) is 11.6 Å². The summed E-state index contributed by atoms with van der Waals surface area (Å²) in [6, 6.07) is 0.